The lowest BCUT2D eigenvalue weighted by Gasteiger charge is -2.11. The predicted molar refractivity (Wildman–Crippen MR) is 86.7 cm³/mol. The van der Waals surface area contributed by atoms with E-state index in [0.29, 0.717) is 28.9 Å². The molecule has 2 N–H and O–H groups in total. The number of benzene rings is 1. The van der Waals surface area contributed by atoms with E-state index >= 15 is 0 Å². The van der Waals surface area contributed by atoms with Crippen molar-refractivity contribution in [3.05, 3.63) is 53.0 Å². The van der Waals surface area contributed by atoms with Crippen LogP contribution in [0.15, 0.2) is 41.8 Å². The summed E-state index contributed by atoms with van der Waals surface area (Å²) >= 11 is 0. The zero-order chi connectivity index (χ0) is 16.6. The third kappa shape index (κ3) is 3.01. The minimum Gasteiger partial charge on any atom is -0.478 e. The second kappa shape index (κ2) is 5.72. The first-order valence-electron chi connectivity index (χ1n) is 7.33. The zero-order valence-electron chi connectivity index (χ0n) is 12.4. The van der Waals surface area contributed by atoms with Gasteiger partial charge in [-0.2, -0.15) is 0 Å². The Balaban J connectivity index is 2.15. The highest BCUT2D eigenvalue weighted by molar-refractivity contribution is 6.06. The molecule has 1 fully saturated rings. The number of aromatic nitrogens is 1. The van der Waals surface area contributed by atoms with Crippen molar-refractivity contribution < 1.29 is 14.7 Å². The highest BCUT2D eigenvalue weighted by atomic mass is 16.4. The monoisotopic (exact) mass is 312 g/mol. The van der Waals surface area contributed by atoms with Gasteiger partial charge in [-0.1, -0.05) is 6.58 Å². The number of carbonyl (C=O) groups is 2. The number of nitrogens with zero attached hydrogens (tertiary/aromatic N) is 1. The summed E-state index contributed by atoms with van der Waals surface area (Å²) in [6.45, 7) is 3.91. The summed E-state index contributed by atoms with van der Waals surface area (Å²) in [6.07, 6.45) is 4.65. The average molecular weight is 312 g/mol. The second-order valence-electron chi connectivity index (χ2n) is 5.70. The molecule has 2 aromatic rings. The molecular formula is C17H16N2O4. The maximum absolute atomic E-state index is 12.5. The molecule has 0 aliphatic heterocycles. The van der Waals surface area contributed by atoms with E-state index in [2.05, 4.69) is 11.9 Å². The van der Waals surface area contributed by atoms with Crippen LogP contribution in [0.5, 0.6) is 0 Å². The highest BCUT2D eigenvalue weighted by Gasteiger charge is 2.23. The van der Waals surface area contributed by atoms with Crippen molar-refractivity contribution in [2.75, 3.05) is 5.32 Å². The van der Waals surface area contributed by atoms with Gasteiger partial charge in [-0.25, -0.2) is 4.79 Å². The highest BCUT2D eigenvalue weighted by Crippen LogP contribution is 2.30. The van der Waals surface area contributed by atoms with Crippen LogP contribution in [0.2, 0.25) is 0 Å². The Labute approximate surface area is 132 Å². The van der Waals surface area contributed by atoms with E-state index in [1.54, 1.807) is 12.1 Å². The van der Waals surface area contributed by atoms with Crippen molar-refractivity contribution in [1.82, 2.24) is 4.57 Å². The molecule has 1 amide bonds. The minimum absolute atomic E-state index is 0.0509. The molecule has 118 valence electrons. The summed E-state index contributed by atoms with van der Waals surface area (Å²) in [5, 5.41) is 12.7. The van der Waals surface area contributed by atoms with Gasteiger partial charge in [-0.05, 0) is 43.0 Å². The summed E-state index contributed by atoms with van der Waals surface area (Å²) in [6, 6.07) is 4.63. The summed E-state index contributed by atoms with van der Waals surface area (Å²) in [5.74, 6) is -1.05. The number of hydrogen-bond acceptors (Lipinski definition) is 3. The Bertz CT molecular complexity index is 878. The van der Waals surface area contributed by atoms with Crippen molar-refractivity contribution in [3.8, 4) is 0 Å². The van der Waals surface area contributed by atoms with Crippen LogP contribution in [0.1, 0.15) is 23.2 Å². The van der Waals surface area contributed by atoms with Crippen molar-refractivity contribution >= 4 is 28.3 Å². The fraction of sp³-hybridized carbons (Fsp3) is 0.235. The van der Waals surface area contributed by atoms with Gasteiger partial charge in [0.25, 0.3) is 5.56 Å². The SMILES string of the molecule is C=CC(=O)Nc1ccc2c(=O)n(CC3CC3)cc(C(=O)O)c2c1. The fourth-order valence-electron chi connectivity index (χ4n) is 2.55. The zero-order valence-corrected chi connectivity index (χ0v) is 12.4. The quantitative estimate of drug-likeness (QED) is 0.829. The Kier molecular flexibility index (Phi) is 3.73. The molecule has 0 radical (unpaired) electrons. The van der Waals surface area contributed by atoms with Gasteiger partial charge in [0.05, 0.1) is 5.56 Å². The third-order valence-electron chi connectivity index (χ3n) is 3.92. The van der Waals surface area contributed by atoms with E-state index in [-0.39, 0.29) is 11.1 Å². The number of carbonyl (C=O) groups excluding carboxylic acids is 1. The van der Waals surface area contributed by atoms with Crippen LogP contribution in [0, 0.1) is 5.92 Å². The Morgan fingerprint density at radius 1 is 1.35 bits per heavy atom. The van der Waals surface area contributed by atoms with Gasteiger partial charge in [0.2, 0.25) is 5.91 Å². The van der Waals surface area contributed by atoms with Crippen LogP contribution in [0.4, 0.5) is 5.69 Å². The molecule has 0 unspecified atom stereocenters. The van der Waals surface area contributed by atoms with Gasteiger partial charge in [-0.15, -0.1) is 0 Å². The van der Waals surface area contributed by atoms with Gasteiger partial charge in [-0.3, -0.25) is 9.59 Å². The van der Waals surface area contributed by atoms with Gasteiger partial charge < -0.3 is 15.0 Å². The molecule has 1 aliphatic carbocycles. The number of fused-ring (bicyclic) bond motifs is 1. The first-order chi connectivity index (χ1) is 11.0. The summed E-state index contributed by atoms with van der Waals surface area (Å²) in [4.78, 5) is 35.4. The third-order valence-corrected chi connectivity index (χ3v) is 3.92. The molecule has 1 aromatic carbocycles. The molecule has 6 nitrogen and oxygen atoms in total. The van der Waals surface area contributed by atoms with E-state index in [1.807, 2.05) is 0 Å². The van der Waals surface area contributed by atoms with Crippen LogP contribution < -0.4 is 10.9 Å². The minimum atomic E-state index is -1.10. The maximum atomic E-state index is 12.5. The predicted octanol–water partition coefficient (Wildman–Crippen LogP) is 2.23. The lowest BCUT2D eigenvalue weighted by molar-refractivity contribution is -0.111. The van der Waals surface area contributed by atoms with Crippen molar-refractivity contribution in [1.29, 1.82) is 0 Å². The lowest BCUT2D eigenvalue weighted by Crippen LogP contribution is -2.23. The fourth-order valence-corrected chi connectivity index (χ4v) is 2.55. The molecule has 3 rings (SSSR count). The van der Waals surface area contributed by atoms with Gasteiger partial charge in [0, 0.05) is 29.2 Å². The Morgan fingerprint density at radius 3 is 2.70 bits per heavy atom. The van der Waals surface area contributed by atoms with Crippen LogP contribution in [-0.2, 0) is 11.3 Å². The summed E-state index contributed by atoms with van der Waals surface area (Å²) in [7, 11) is 0. The second-order valence-corrected chi connectivity index (χ2v) is 5.70. The number of rotatable bonds is 5. The molecule has 1 aliphatic rings. The number of aromatic carboxylic acids is 1. The van der Waals surface area contributed by atoms with Gasteiger partial charge in [0.15, 0.2) is 0 Å². The molecule has 0 atom stereocenters. The molecule has 1 aromatic heterocycles. The number of hydrogen-bond donors (Lipinski definition) is 2. The van der Waals surface area contributed by atoms with Crippen LogP contribution >= 0.6 is 0 Å². The summed E-state index contributed by atoms with van der Waals surface area (Å²) in [5.41, 5.74) is 0.262. The molecule has 0 saturated heterocycles. The number of carboxylic acid groups (broad SMARTS) is 1. The topological polar surface area (TPSA) is 88.4 Å². The molecular weight excluding hydrogens is 296 g/mol. The van der Waals surface area contributed by atoms with E-state index in [0.717, 1.165) is 18.9 Å². The van der Waals surface area contributed by atoms with Gasteiger partial charge in [0.1, 0.15) is 0 Å². The van der Waals surface area contributed by atoms with Crippen LogP contribution in [0.25, 0.3) is 10.8 Å². The number of pyridine rings is 1. The lowest BCUT2D eigenvalue weighted by atomic mass is 10.1. The summed E-state index contributed by atoms with van der Waals surface area (Å²) < 4.78 is 1.48. The Hall–Kier alpha value is -2.89. The number of carboxylic acids is 1. The molecule has 1 saturated carbocycles. The normalized spacial score (nSPS) is 13.7. The number of amides is 1. The van der Waals surface area contributed by atoms with Crippen molar-refractivity contribution in [2.24, 2.45) is 5.92 Å². The molecule has 0 spiro atoms. The average Bonchev–Trinajstić information content (AvgIpc) is 3.33. The van der Waals surface area contributed by atoms with Crippen molar-refractivity contribution in [3.63, 3.8) is 0 Å². The molecule has 23 heavy (non-hydrogen) atoms. The maximum Gasteiger partial charge on any atom is 0.337 e. The van der Waals surface area contributed by atoms with Gasteiger partial charge >= 0.3 is 5.97 Å². The molecule has 6 heteroatoms. The van der Waals surface area contributed by atoms with E-state index < -0.39 is 11.9 Å². The first kappa shape index (κ1) is 15.0. The van der Waals surface area contributed by atoms with Crippen LogP contribution in [0.3, 0.4) is 0 Å². The van der Waals surface area contributed by atoms with E-state index in [1.165, 1.54) is 16.8 Å². The number of nitrogens with one attached hydrogen (secondary N) is 1. The smallest absolute Gasteiger partial charge is 0.337 e. The van der Waals surface area contributed by atoms with E-state index in [9.17, 15) is 19.5 Å². The largest absolute Gasteiger partial charge is 0.478 e. The standard InChI is InChI=1S/C17H16N2O4/c1-2-15(20)18-11-5-6-12-13(7-11)14(17(22)23)9-19(16(12)21)8-10-3-4-10/h2,5-7,9-10H,1,3-4,8H2,(H,18,20)(H,22,23). The van der Waals surface area contributed by atoms with Crippen LogP contribution in [-0.4, -0.2) is 21.6 Å². The number of anilines is 1. The molecule has 1 heterocycles. The van der Waals surface area contributed by atoms with Crippen molar-refractivity contribution in [2.45, 2.75) is 19.4 Å². The Morgan fingerprint density at radius 2 is 2.09 bits per heavy atom. The van der Waals surface area contributed by atoms with E-state index in [4.69, 9.17) is 0 Å². The first-order valence-corrected chi connectivity index (χ1v) is 7.33. The molecule has 0 bridgehead atoms.